The molecule has 1 aromatic rings. The average Bonchev–Trinajstić information content (AvgIpc) is 2.54. The van der Waals surface area contributed by atoms with E-state index in [0.29, 0.717) is 6.04 Å². The minimum Gasteiger partial charge on any atom is -0.349 e. The molecule has 124 valence electrons. The zero-order chi connectivity index (χ0) is 15.1. The minimum absolute atomic E-state index is 0. The fourth-order valence-corrected chi connectivity index (χ4v) is 2.88. The Morgan fingerprint density at radius 1 is 1.27 bits per heavy atom. The number of benzene rings is 1. The van der Waals surface area contributed by atoms with Crippen molar-refractivity contribution in [3.63, 3.8) is 0 Å². The number of rotatable bonds is 6. The minimum atomic E-state index is 0. The number of carbonyl (C=O) groups excluding carboxylic acids is 1. The van der Waals surface area contributed by atoms with Crippen LogP contribution in [0.2, 0.25) is 0 Å². The van der Waals surface area contributed by atoms with E-state index >= 15 is 0 Å². The average molecular weight is 326 g/mol. The number of nitrogens with one attached hydrogen (secondary N) is 2. The van der Waals surface area contributed by atoms with Crippen LogP contribution in [0.25, 0.3) is 0 Å². The smallest absolute Gasteiger partial charge is 0.251 e. The summed E-state index contributed by atoms with van der Waals surface area (Å²) in [5.41, 5.74) is 1.95. The van der Waals surface area contributed by atoms with Crippen molar-refractivity contribution in [1.82, 2.24) is 15.5 Å². The SMILES string of the molecule is CCN1CCC(NC(=O)c2ccccc2CCNC)CC1.Cl. The first-order chi connectivity index (χ1) is 10.2. The summed E-state index contributed by atoms with van der Waals surface area (Å²) in [4.78, 5) is 14.9. The molecule has 0 aromatic heterocycles. The molecule has 2 N–H and O–H groups in total. The van der Waals surface area contributed by atoms with Crippen LogP contribution in [0.1, 0.15) is 35.7 Å². The molecule has 0 unspecified atom stereocenters. The Bertz CT molecular complexity index is 459. The maximum absolute atomic E-state index is 12.5. The van der Waals surface area contributed by atoms with Crippen LogP contribution in [0.5, 0.6) is 0 Å². The summed E-state index contributed by atoms with van der Waals surface area (Å²) in [6, 6.07) is 8.24. The molecule has 0 spiro atoms. The number of halogens is 1. The van der Waals surface area contributed by atoms with Crippen molar-refractivity contribution in [3.8, 4) is 0 Å². The summed E-state index contributed by atoms with van der Waals surface area (Å²) in [5, 5.41) is 6.35. The molecule has 1 aliphatic heterocycles. The second-order valence-corrected chi connectivity index (χ2v) is 5.69. The predicted molar refractivity (Wildman–Crippen MR) is 93.9 cm³/mol. The summed E-state index contributed by atoms with van der Waals surface area (Å²) in [5.74, 6) is 0.0802. The van der Waals surface area contributed by atoms with Crippen LogP contribution in [0.3, 0.4) is 0 Å². The van der Waals surface area contributed by atoms with Crippen molar-refractivity contribution in [3.05, 3.63) is 35.4 Å². The lowest BCUT2D eigenvalue weighted by Crippen LogP contribution is -2.44. The van der Waals surface area contributed by atoms with Crippen LogP contribution in [-0.4, -0.2) is 50.1 Å². The van der Waals surface area contributed by atoms with E-state index in [4.69, 9.17) is 0 Å². The Balaban J connectivity index is 0.00000242. The number of hydrogen-bond acceptors (Lipinski definition) is 3. The molecule has 0 aliphatic carbocycles. The fraction of sp³-hybridized carbons (Fsp3) is 0.588. The monoisotopic (exact) mass is 325 g/mol. The lowest BCUT2D eigenvalue weighted by atomic mass is 10.0. The third-order valence-electron chi connectivity index (χ3n) is 4.28. The van der Waals surface area contributed by atoms with Crippen LogP contribution in [0, 0.1) is 0 Å². The van der Waals surface area contributed by atoms with E-state index in [1.54, 1.807) is 0 Å². The van der Waals surface area contributed by atoms with Gasteiger partial charge in [-0.25, -0.2) is 0 Å². The molecule has 1 aromatic carbocycles. The second-order valence-electron chi connectivity index (χ2n) is 5.69. The van der Waals surface area contributed by atoms with Crippen molar-refractivity contribution in [2.45, 2.75) is 32.2 Å². The maximum Gasteiger partial charge on any atom is 0.251 e. The van der Waals surface area contributed by atoms with Gasteiger partial charge in [-0.15, -0.1) is 12.4 Å². The van der Waals surface area contributed by atoms with Crippen LogP contribution < -0.4 is 10.6 Å². The van der Waals surface area contributed by atoms with Gasteiger partial charge in [0.2, 0.25) is 0 Å². The number of carbonyl (C=O) groups is 1. The number of likely N-dealkylation sites (tertiary alicyclic amines) is 1. The van der Waals surface area contributed by atoms with E-state index in [1.807, 2.05) is 31.3 Å². The number of hydrogen-bond donors (Lipinski definition) is 2. The molecule has 4 nitrogen and oxygen atoms in total. The van der Waals surface area contributed by atoms with E-state index in [2.05, 4.69) is 22.5 Å². The van der Waals surface area contributed by atoms with Gasteiger partial charge >= 0.3 is 0 Å². The largest absolute Gasteiger partial charge is 0.349 e. The summed E-state index contributed by atoms with van der Waals surface area (Å²) in [6.45, 7) is 6.36. The molecule has 1 aliphatic rings. The van der Waals surface area contributed by atoms with Gasteiger partial charge in [0.15, 0.2) is 0 Å². The van der Waals surface area contributed by atoms with Crippen molar-refractivity contribution < 1.29 is 4.79 Å². The topological polar surface area (TPSA) is 44.4 Å². The lowest BCUT2D eigenvalue weighted by Gasteiger charge is -2.31. The van der Waals surface area contributed by atoms with E-state index in [0.717, 1.165) is 56.6 Å². The summed E-state index contributed by atoms with van der Waals surface area (Å²) >= 11 is 0. The number of likely N-dealkylation sites (N-methyl/N-ethyl adjacent to an activating group) is 1. The van der Waals surface area contributed by atoms with Crippen molar-refractivity contribution in [2.24, 2.45) is 0 Å². The van der Waals surface area contributed by atoms with Crippen LogP contribution in [-0.2, 0) is 6.42 Å². The van der Waals surface area contributed by atoms with Gasteiger partial charge in [-0.05, 0) is 51.0 Å². The Labute approximate surface area is 140 Å². The van der Waals surface area contributed by atoms with Gasteiger partial charge in [-0.2, -0.15) is 0 Å². The van der Waals surface area contributed by atoms with Gasteiger partial charge in [0.25, 0.3) is 5.91 Å². The Morgan fingerprint density at radius 2 is 1.95 bits per heavy atom. The highest BCUT2D eigenvalue weighted by atomic mass is 35.5. The molecule has 1 saturated heterocycles. The van der Waals surface area contributed by atoms with Gasteiger partial charge in [0.1, 0.15) is 0 Å². The van der Waals surface area contributed by atoms with Crippen molar-refractivity contribution in [1.29, 1.82) is 0 Å². The molecule has 2 rings (SSSR count). The summed E-state index contributed by atoms with van der Waals surface area (Å²) in [7, 11) is 1.93. The third-order valence-corrected chi connectivity index (χ3v) is 4.28. The quantitative estimate of drug-likeness (QED) is 0.841. The van der Waals surface area contributed by atoms with Crippen LogP contribution >= 0.6 is 12.4 Å². The molecule has 0 bridgehead atoms. The second kappa shape index (κ2) is 9.82. The molecule has 0 radical (unpaired) electrons. The maximum atomic E-state index is 12.5. The van der Waals surface area contributed by atoms with E-state index in [1.165, 1.54) is 0 Å². The number of amides is 1. The Morgan fingerprint density at radius 3 is 2.59 bits per heavy atom. The number of piperidine rings is 1. The van der Waals surface area contributed by atoms with Gasteiger partial charge in [0.05, 0.1) is 0 Å². The molecule has 1 fully saturated rings. The molecule has 0 atom stereocenters. The zero-order valence-electron chi connectivity index (χ0n) is 13.6. The Kier molecular flexibility index (Phi) is 8.46. The van der Waals surface area contributed by atoms with Gasteiger partial charge < -0.3 is 15.5 Å². The van der Waals surface area contributed by atoms with Crippen LogP contribution in [0.4, 0.5) is 0 Å². The first-order valence-corrected chi connectivity index (χ1v) is 8.00. The van der Waals surface area contributed by atoms with Gasteiger partial charge in [-0.1, -0.05) is 25.1 Å². The molecular weight excluding hydrogens is 298 g/mol. The molecule has 1 heterocycles. The van der Waals surface area contributed by atoms with E-state index in [-0.39, 0.29) is 18.3 Å². The lowest BCUT2D eigenvalue weighted by molar-refractivity contribution is 0.0911. The first kappa shape index (κ1) is 18.9. The number of nitrogens with zero attached hydrogens (tertiary/aromatic N) is 1. The van der Waals surface area contributed by atoms with Crippen LogP contribution in [0.15, 0.2) is 24.3 Å². The van der Waals surface area contributed by atoms with Crippen molar-refractivity contribution in [2.75, 3.05) is 33.2 Å². The van der Waals surface area contributed by atoms with Gasteiger partial charge in [0, 0.05) is 24.7 Å². The molecule has 1 amide bonds. The fourth-order valence-electron chi connectivity index (χ4n) is 2.88. The normalized spacial score (nSPS) is 16.1. The third kappa shape index (κ3) is 5.27. The molecule has 22 heavy (non-hydrogen) atoms. The first-order valence-electron chi connectivity index (χ1n) is 8.00. The molecule has 5 heteroatoms. The Hall–Kier alpha value is -1.10. The van der Waals surface area contributed by atoms with Crippen molar-refractivity contribution >= 4 is 18.3 Å². The summed E-state index contributed by atoms with van der Waals surface area (Å²) in [6.07, 6.45) is 2.99. The molecular formula is C17H28ClN3O. The van der Waals surface area contributed by atoms with Gasteiger partial charge in [-0.3, -0.25) is 4.79 Å². The highest BCUT2D eigenvalue weighted by Gasteiger charge is 2.21. The zero-order valence-corrected chi connectivity index (χ0v) is 14.4. The van der Waals surface area contributed by atoms with E-state index in [9.17, 15) is 4.79 Å². The highest BCUT2D eigenvalue weighted by Crippen LogP contribution is 2.13. The van der Waals surface area contributed by atoms with E-state index < -0.39 is 0 Å². The predicted octanol–water partition coefficient (Wildman–Crippen LogP) is 2.08. The molecule has 0 saturated carbocycles. The summed E-state index contributed by atoms with van der Waals surface area (Å²) < 4.78 is 0. The highest BCUT2D eigenvalue weighted by molar-refractivity contribution is 5.95. The standard InChI is InChI=1S/C17H27N3O.ClH/c1-3-20-12-9-15(10-13-20)19-17(21)16-7-5-4-6-14(16)8-11-18-2;/h4-7,15,18H,3,8-13H2,1-2H3,(H,19,21);1H.